The minimum Gasteiger partial charge on any atom is -0.444 e. The summed E-state index contributed by atoms with van der Waals surface area (Å²) in [5.41, 5.74) is -0.128. The molecule has 4 aromatic rings. The van der Waals surface area contributed by atoms with E-state index in [4.69, 9.17) is 9.47 Å². The molecule has 14 heteroatoms. The van der Waals surface area contributed by atoms with E-state index in [-0.39, 0.29) is 36.2 Å². The van der Waals surface area contributed by atoms with Crippen molar-refractivity contribution in [3.8, 4) is 0 Å². The molecule has 2 N–H and O–H groups in total. The highest BCUT2D eigenvalue weighted by atomic mass is 16.6. The summed E-state index contributed by atoms with van der Waals surface area (Å²) in [6.45, 7) is 4.81. The molecule has 2 aliphatic rings. The molecule has 4 heterocycles. The first-order chi connectivity index (χ1) is 23.5. The van der Waals surface area contributed by atoms with Crippen molar-refractivity contribution in [1.82, 2.24) is 19.1 Å². The summed E-state index contributed by atoms with van der Waals surface area (Å²) >= 11 is 0. The number of ketones is 2. The lowest BCUT2D eigenvalue weighted by Crippen LogP contribution is -2.42. The van der Waals surface area contributed by atoms with E-state index in [1.165, 1.54) is 35.4 Å². The first kappa shape index (κ1) is 34.4. The predicted molar refractivity (Wildman–Crippen MR) is 178 cm³/mol. The standard InChI is InChI=1S/C18H19N3O4.C17H17N3O4/c1-12(22)18(2)9-8-15-19-10-14(16(23)21(15)18)20-17(24)25-11-13-6-4-3-5-7-13;1-11(21)14-7-8-15-18-9-13(16(22)20(14)15)19-17(23)24-10-12-5-3-2-4-6-12/h3-7,10H,8-9,11H2,1-2H3,(H,20,24);2-6,9,14H,7-8,10H2,1H3,(H,19,23)/t;14-/m.0/s1. The summed E-state index contributed by atoms with van der Waals surface area (Å²) in [7, 11) is 0. The van der Waals surface area contributed by atoms with Crippen LogP contribution in [-0.4, -0.2) is 42.9 Å². The summed E-state index contributed by atoms with van der Waals surface area (Å²) in [5.74, 6) is 0.898. The summed E-state index contributed by atoms with van der Waals surface area (Å²) in [6, 6.07) is 17.9. The largest absolute Gasteiger partial charge is 0.444 e. The number of anilines is 2. The van der Waals surface area contributed by atoms with Crippen LogP contribution in [0.1, 0.15) is 62.4 Å². The first-order valence-corrected chi connectivity index (χ1v) is 15.7. The number of rotatable bonds is 8. The molecule has 2 aliphatic heterocycles. The van der Waals surface area contributed by atoms with E-state index in [9.17, 15) is 28.8 Å². The summed E-state index contributed by atoms with van der Waals surface area (Å²) in [5, 5.41) is 4.82. The van der Waals surface area contributed by atoms with E-state index in [1.807, 2.05) is 60.7 Å². The van der Waals surface area contributed by atoms with Gasteiger partial charge in [-0.15, -0.1) is 0 Å². The molecular weight excluding hydrogens is 632 g/mol. The van der Waals surface area contributed by atoms with Gasteiger partial charge in [0.05, 0.1) is 18.4 Å². The number of aryl methyl sites for hydroxylation is 2. The Hall–Kier alpha value is -5.92. The lowest BCUT2D eigenvalue weighted by molar-refractivity contribution is -0.124. The van der Waals surface area contributed by atoms with Crippen molar-refractivity contribution in [3.63, 3.8) is 0 Å². The van der Waals surface area contributed by atoms with E-state index in [2.05, 4.69) is 20.6 Å². The zero-order valence-corrected chi connectivity index (χ0v) is 27.3. The number of hydrogen-bond donors (Lipinski definition) is 2. The Labute approximate surface area is 281 Å². The van der Waals surface area contributed by atoms with Crippen molar-refractivity contribution in [2.45, 2.75) is 71.2 Å². The van der Waals surface area contributed by atoms with E-state index in [1.54, 1.807) is 6.92 Å². The second kappa shape index (κ2) is 14.9. The van der Waals surface area contributed by atoms with Crippen molar-refractivity contribution < 1.29 is 28.7 Å². The number of nitrogens with one attached hydrogen (secondary N) is 2. The summed E-state index contributed by atoms with van der Waals surface area (Å²) < 4.78 is 12.9. The van der Waals surface area contributed by atoms with Crippen LogP contribution in [0.5, 0.6) is 0 Å². The number of hydrogen-bond acceptors (Lipinski definition) is 10. The van der Waals surface area contributed by atoms with Crippen LogP contribution in [-0.2, 0) is 50.7 Å². The molecule has 0 fully saturated rings. The third kappa shape index (κ3) is 7.80. The molecule has 2 aromatic carbocycles. The van der Waals surface area contributed by atoms with Crippen LogP contribution in [0, 0.1) is 0 Å². The van der Waals surface area contributed by atoms with E-state index in [0.29, 0.717) is 37.3 Å². The summed E-state index contributed by atoms with van der Waals surface area (Å²) in [6.07, 6.45) is 3.32. The third-order valence-corrected chi connectivity index (χ3v) is 8.51. The van der Waals surface area contributed by atoms with Crippen molar-refractivity contribution >= 4 is 35.1 Å². The molecule has 254 valence electrons. The number of carbonyl (C=O) groups is 4. The molecule has 14 nitrogen and oxygen atoms in total. The molecule has 0 saturated heterocycles. The monoisotopic (exact) mass is 668 g/mol. The van der Waals surface area contributed by atoms with Gasteiger partial charge in [0, 0.05) is 12.8 Å². The maximum Gasteiger partial charge on any atom is 0.412 e. The average molecular weight is 669 g/mol. The van der Waals surface area contributed by atoms with Gasteiger partial charge >= 0.3 is 12.2 Å². The minimum atomic E-state index is -0.926. The molecule has 0 spiro atoms. The zero-order valence-electron chi connectivity index (χ0n) is 27.3. The first-order valence-electron chi connectivity index (χ1n) is 15.7. The Kier molecular flexibility index (Phi) is 10.5. The number of aromatic nitrogens is 4. The quantitative estimate of drug-likeness (QED) is 0.275. The second-order valence-corrected chi connectivity index (χ2v) is 11.9. The fourth-order valence-corrected chi connectivity index (χ4v) is 5.68. The van der Waals surface area contributed by atoms with Gasteiger partial charge in [-0.3, -0.25) is 38.9 Å². The van der Waals surface area contributed by atoms with E-state index in [0.717, 1.165) is 11.1 Å². The van der Waals surface area contributed by atoms with Crippen LogP contribution < -0.4 is 21.8 Å². The third-order valence-electron chi connectivity index (χ3n) is 8.51. The molecule has 1 unspecified atom stereocenters. The zero-order chi connectivity index (χ0) is 35.1. The molecule has 6 rings (SSSR count). The van der Waals surface area contributed by atoms with E-state index >= 15 is 0 Å². The SMILES string of the molecule is CC(=O)C1(C)CCc2ncc(NC(=O)OCc3ccccc3)c(=O)n21.CC(=O)[C@@H]1CCc2ncc(NC(=O)OCc3ccccc3)c(=O)n21. The molecule has 2 aromatic heterocycles. The van der Waals surface area contributed by atoms with Gasteiger partial charge in [-0.1, -0.05) is 60.7 Å². The normalized spacial score (nSPS) is 17.1. The summed E-state index contributed by atoms with van der Waals surface area (Å²) in [4.78, 5) is 81.0. The molecule has 0 saturated carbocycles. The predicted octanol–water partition coefficient (Wildman–Crippen LogP) is 4.31. The Bertz CT molecular complexity index is 1990. The Morgan fingerprint density at radius 3 is 1.80 bits per heavy atom. The highest BCUT2D eigenvalue weighted by molar-refractivity contribution is 5.86. The highest BCUT2D eigenvalue weighted by Gasteiger charge is 2.40. The van der Waals surface area contributed by atoms with Crippen molar-refractivity contribution in [2.75, 3.05) is 10.6 Å². The molecule has 49 heavy (non-hydrogen) atoms. The van der Waals surface area contributed by atoms with Gasteiger partial charge < -0.3 is 9.47 Å². The highest BCUT2D eigenvalue weighted by Crippen LogP contribution is 2.30. The van der Waals surface area contributed by atoms with Gasteiger partial charge in [-0.05, 0) is 44.7 Å². The Morgan fingerprint density at radius 2 is 1.29 bits per heavy atom. The maximum atomic E-state index is 12.7. The van der Waals surface area contributed by atoms with Gasteiger partial charge in [-0.2, -0.15) is 0 Å². The van der Waals surface area contributed by atoms with E-state index < -0.39 is 34.9 Å². The number of fused-ring (bicyclic) bond motifs is 2. The smallest absolute Gasteiger partial charge is 0.412 e. The van der Waals surface area contributed by atoms with Crippen LogP contribution in [0.4, 0.5) is 21.0 Å². The number of ether oxygens (including phenoxy) is 2. The molecule has 2 atom stereocenters. The molecule has 0 radical (unpaired) electrons. The van der Waals surface area contributed by atoms with Crippen LogP contribution in [0.2, 0.25) is 0 Å². The van der Waals surface area contributed by atoms with Crippen molar-refractivity contribution in [1.29, 1.82) is 0 Å². The number of carbonyl (C=O) groups excluding carboxylic acids is 4. The van der Waals surface area contributed by atoms with Crippen molar-refractivity contribution in [3.05, 3.63) is 117 Å². The Morgan fingerprint density at radius 1 is 0.776 bits per heavy atom. The van der Waals surface area contributed by atoms with Crippen LogP contribution >= 0.6 is 0 Å². The lowest BCUT2D eigenvalue weighted by atomic mass is 9.95. The van der Waals surface area contributed by atoms with Gasteiger partial charge in [0.25, 0.3) is 11.1 Å². The molecular formula is C35H36N6O8. The maximum absolute atomic E-state index is 12.7. The average Bonchev–Trinajstić information content (AvgIpc) is 3.70. The van der Waals surface area contributed by atoms with Gasteiger partial charge in [0.2, 0.25) is 0 Å². The van der Waals surface area contributed by atoms with Crippen LogP contribution in [0.25, 0.3) is 0 Å². The van der Waals surface area contributed by atoms with Crippen LogP contribution in [0.15, 0.2) is 82.6 Å². The molecule has 2 amide bonds. The number of amides is 2. The topological polar surface area (TPSA) is 181 Å². The molecule has 0 bridgehead atoms. The van der Waals surface area contributed by atoms with Gasteiger partial charge in [-0.25, -0.2) is 19.6 Å². The number of nitrogens with zero attached hydrogens (tertiary/aromatic N) is 4. The van der Waals surface area contributed by atoms with Gasteiger partial charge in [0.15, 0.2) is 11.6 Å². The van der Waals surface area contributed by atoms with Crippen molar-refractivity contribution in [2.24, 2.45) is 0 Å². The number of benzene rings is 2. The van der Waals surface area contributed by atoms with Gasteiger partial charge in [0.1, 0.15) is 41.8 Å². The number of Topliss-reactive ketones (excluding diaryl/α,β-unsaturated/α-hetero) is 2. The minimum absolute atomic E-state index is 0.00353. The fourth-order valence-electron chi connectivity index (χ4n) is 5.68. The molecule has 0 aliphatic carbocycles. The van der Waals surface area contributed by atoms with Crippen LogP contribution in [0.3, 0.4) is 0 Å². The fraction of sp³-hybridized carbons (Fsp3) is 0.314. The second-order valence-electron chi connectivity index (χ2n) is 11.9. The lowest BCUT2D eigenvalue weighted by Gasteiger charge is -2.24. The Balaban J connectivity index is 0.000000191.